The van der Waals surface area contributed by atoms with Gasteiger partial charge in [0.05, 0.1) is 14.2 Å². The van der Waals surface area contributed by atoms with E-state index in [2.05, 4.69) is 17.9 Å². The van der Waals surface area contributed by atoms with Crippen LogP contribution in [0.5, 0.6) is 11.5 Å². The number of hydrogen-bond acceptors (Lipinski definition) is 4. The smallest absolute Gasteiger partial charge is 0.165 e. The number of hydrogen-bond donors (Lipinski definition) is 1. The maximum absolute atomic E-state index is 6.05. The number of benzene rings is 1. The molecule has 4 nitrogen and oxygen atoms in total. The van der Waals surface area contributed by atoms with E-state index >= 15 is 0 Å². The lowest BCUT2D eigenvalue weighted by Gasteiger charge is -2.41. The van der Waals surface area contributed by atoms with Crippen molar-refractivity contribution in [3.63, 3.8) is 0 Å². The van der Waals surface area contributed by atoms with Gasteiger partial charge < -0.3 is 15.2 Å². The van der Waals surface area contributed by atoms with Crippen LogP contribution in [0.3, 0.4) is 0 Å². The molecule has 4 heteroatoms. The molecule has 21 heavy (non-hydrogen) atoms. The lowest BCUT2D eigenvalue weighted by atomic mass is 9.84. The van der Waals surface area contributed by atoms with E-state index in [0.717, 1.165) is 31.0 Å². The average molecular weight is 292 g/mol. The summed E-state index contributed by atoms with van der Waals surface area (Å²) in [6.45, 7) is 5.17. The summed E-state index contributed by atoms with van der Waals surface area (Å²) < 4.78 is 11.1. The summed E-state index contributed by atoms with van der Waals surface area (Å²) in [6, 6.07) is 6.48. The molecule has 0 bridgehead atoms. The van der Waals surface area contributed by atoms with E-state index < -0.39 is 0 Å². The summed E-state index contributed by atoms with van der Waals surface area (Å²) in [5, 5.41) is 0. The van der Waals surface area contributed by atoms with Gasteiger partial charge in [-0.3, -0.25) is 4.90 Å². The molecule has 0 radical (unpaired) electrons. The molecule has 1 saturated heterocycles. The normalized spacial score (nSPS) is 23.0. The third-order valence-electron chi connectivity index (χ3n) is 4.43. The quantitative estimate of drug-likeness (QED) is 0.876. The van der Waals surface area contributed by atoms with Gasteiger partial charge in [-0.1, -0.05) is 19.1 Å². The lowest BCUT2D eigenvalue weighted by molar-refractivity contribution is 0.0936. The number of para-hydroxylation sites is 1. The minimum Gasteiger partial charge on any atom is -0.493 e. The van der Waals surface area contributed by atoms with Gasteiger partial charge in [0.25, 0.3) is 0 Å². The van der Waals surface area contributed by atoms with Crippen molar-refractivity contribution in [2.75, 3.05) is 33.9 Å². The SMILES string of the molecule is CCCN1CCCC(CN)C1c1cccc(OC)c1OC. The Kier molecular flexibility index (Phi) is 5.88. The van der Waals surface area contributed by atoms with Crippen LogP contribution < -0.4 is 15.2 Å². The van der Waals surface area contributed by atoms with Crippen molar-refractivity contribution >= 4 is 0 Å². The number of methoxy groups -OCH3 is 2. The molecule has 2 atom stereocenters. The fraction of sp³-hybridized carbons (Fsp3) is 0.647. The van der Waals surface area contributed by atoms with Crippen LogP contribution in [-0.4, -0.2) is 38.8 Å². The Bertz CT molecular complexity index is 448. The van der Waals surface area contributed by atoms with Crippen molar-refractivity contribution in [3.05, 3.63) is 23.8 Å². The Morgan fingerprint density at radius 2 is 2.10 bits per heavy atom. The fourth-order valence-corrected chi connectivity index (χ4v) is 3.53. The Labute approximate surface area is 128 Å². The molecule has 1 heterocycles. The van der Waals surface area contributed by atoms with Crippen LogP contribution in [0.25, 0.3) is 0 Å². The molecule has 0 amide bonds. The van der Waals surface area contributed by atoms with Crippen LogP contribution >= 0.6 is 0 Å². The number of nitrogens with two attached hydrogens (primary N) is 1. The van der Waals surface area contributed by atoms with Crippen molar-refractivity contribution < 1.29 is 9.47 Å². The molecule has 2 rings (SSSR count). The van der Waals surface area contributed by atoms with Gasteiger partial charge >= 0.3 is 0 Å². The lowest BCUT2D eigenvalue weighted by Crippen LogP contribution is -2.42. The third kappa shape index (κ3) is 3.33. The number of nitrogens with zero attached hydrogens (tertiary/aromatic N) is 1. The molecule has 118 valence electrons. The van der Waals surface area contributed by atoms with E-state index in [9.17, 15) is 0 Å². The van der Waals surface area contributed by atoms with Gasteiger partial charge in [0, 0.05) is 11.6 Å². The Hall–Kier alpha value is -1.26. The molecule has 2 N–H and O–H groups in total. The first kappa shape index (κ1) is 16.1. The van der Waals surface area contributed by atoms with Gasteiger partial charge in [0.15, 0.2) is 11.5 Å². The highest BCUT2D eigenvalue weighted by Crippen LogP contribution is 2.43. The molecule has 1 aromatic carbocycles. The molecule has 0 saturated carbocycles. The fourth-order valence-electron chi connectivity index (χ4n) is 3.53. The monoisotopic (exact) mass is 292 g/mol. The minimum absolute atomic E-state index is 0.328. The van der Waals surface area contributed by atoms with E-state index in [1.807, 2.05) is 12.1 Å². The topological polar surface area (TPSA) is 47.7 Å². The molecule has 1 aliphatic rings. The third-order valence-corrected chi connectivity index (χ3v) is 4.43. The van der Waals surface area contributed by atoms with E-state index in [1.165, 1.54) is 18.4 Å². The molecule has 0 spiro atoms. The van der Waals surface area contributed by atoms with Crippen LogP contribution in [0.15, 0.2) is 18.2 Å². The zero-order chi connectivity index (χ0) is 15.2. The van der Waals surface area contributed by atoms with Gasteiger partial charge in [0.1, 0.15) is 0 Å². The second-order valence-corrected chi connectivity index (χ2v) is 5.70. The molecule has 0 aliphatic carbocycles. The number of rotatable bonds is 6. The van der Waals surface area contributed by atoms with Crippen molar-refractivity contribution in [1.82, 2.24) is 4.90 Å². The largest absolute Gasteiger partial charge is 0.493 e. The van der Waals surface area contributed by atoms with Crippen molar-refractivity contribution in [2.45, 2.75) is 32.2 Å². The first-order valence-corrected chi connectivity index (χ1v) is 7.91. The predicted octanol–water partition coefficient (Wildman–Crippen LogP) is 2.83. The molecule has 1 aromatic rings. The maximum atomic E-state index is 6.05. The minimum atomic E-state index is 0.328. The van der Waals surface area contributed by atoms with Gasteiger partial charge in [-0.15, -0.1) is 0 Å². The van der Waals surface area contributed by atoms with Gasteiger partial charge in [-0.2, -0.15) is 0 Å². The van der Waals surface area contributed by atoms with Crippen LogP contribution in [0.1, 0.15) is 37.8 Å². The van der Waals surface area contributed by atoms with Crippen LogP contribution in [0, 0.1) is 5.92 Å². The number of piperidine rings is 1. The molecular weight excluding hydrogens is 264 g/mol. The first-order chi connectivity index (χ1) is 10.3. The van der Waals surface area contributed by atoms with Gasteiger partial charge in [0.2, 0.25) is 0 Å². The van der Waals surface area contributed by atoms with Crippen molar-refractivity contribution in [3.8, 4) is 11.5 Å². The summed E-state index contributed by atoms with van der Waals surface area (Å²) in [5.74, 6) is 2.13. The van der Waals surface area contributed by atoms with Crippen LogP contribution in [0.2, 0.25) is 0 Å². The maximum Gasteiger partial charge on any atom is 0.165 e. The summed E-state index contributed by atoms with van der Waals surface area (Å²) in [5.41, 5.74) is 7.26. The van der Waals surface area contributed by atoms with Gasteiger partial charge in [-0.25, -0.2) is 0 Å². The molecule has 0 aromatic heterocycles. The van der Waals surface area contributed by atoms with E-state index in [1.54, 1.807) is 14.2 Å². The standard InChI is InChI=1S/C17H28N2O2/c1-4-10-19-11-6-7-13(12-18)16(19)14-8-5-9-15(20-2)17(14)21-3/h5,8-9,13,16H,4,6-7,10-12,18H2,1-3H3. The molecule has 1 aliphatic heterocycles. The number of likely N-dealkylation sites (tertiary alicyclic amines) is 1. The molecule has 1 fully saturated rings. The first-order valence-electron chi connectivity index (χ1n) is 7.91. The van der Waals surface area contributed by atoms with E-state index in [4.69, 9.17) is 15.2 Å². The Balaban J connectivity index is 2.43. The van der Waals surface area contributed by atoms with Gasteiger partial charge in [-0.05, 0) is 50.9 Å². The van der Waals surface area contributed by atoms with E-state index in [0.29, 0.717) is 18.5 Å². The second kappa shape index (κ2) is 7.66. The predicted molar refractivity (Wildman–Crippen MR) is 85.9 cm³/mol. The second-order valence-electron chi connectivity index (χ2n) is 5.70. The van der Waals surface area contributed by atoms with Crippen molar-refractivity contribution in [2.24, 2.45) is 11.7 Å². The van der Waals surface area contributed by atoms with Crippen LogP contribution in [0.4, 0.5) is 0 Å². The highest BCUT2D eigenvalue weighted by Gasteiger charge is 2.33. The zero-order valence-corrected chi connectivity index (χ0v) is 13.5. The van der Waals surface area contributed by atoms with Crippen molar-refractivity contribution in [1.29, 1.82) is 0 Å². The Morgan fingerprint density at radius 3 is 2.71 bits per heavy atom. The average Bonchev–Trinajstić information content (AvgIpc) is 2.54. The molecule has 2 unspecified atom stereocenters. The molecular formula is C17H28N2O2. The zero-order valence-electron chi connectivity index (χ0n) is 13.5. The summed E-state index contributed by atoms with van der Waals surface area (Å²) in [6.07, 6.45) is 3.56. The number of ether oxygens (including phenoxy) is 2. The summed E-state index contributed by atoms with van der Waals surface area (Å²) in [4.78, 5) is 2.55. The highest BCUT2D eigenvalue weighted by molar-refractivity contribution is 5.48. The Morgan fingerprint density at radius 1 is 1.29 bits per heavy atom. The summed E-state index contributed by atoms with van der Waals surface area (Å²) in [7, 11) is 3.40. The van der Waals surface area contributed by atoms with Crippen LogP contribution in [-0.2, 0) is 0 Å². The highest BCUT2D eigenvalue weighted by atomic mass is 16.5. The van der Waals surface area contributed by atoms with E-state index in [-0.39, 0.29) is 0 Å². The summed E-state index contributed by atoms with van der Waals surface area (Å²) >= 11 is 0.